The molecule has 3 rings (SSSR count). The molecule has 0 atom stereocenters. The van der Waals surface area contributed by atoms with Crippen molar-refractivity contribution in [1.29, 1.82) is 0 Å². The third-order valence-corrected chi connectivity index (χ3v) is 3.43. The van der Waals surface area contributed by atoms with Gasteiger partial charge in [0.15, 0.2) is 5.82 Å². The first kappa shape index (κ1) is 14.4. The van der Waals surface area contributed by atoms with Gasteiger partial charge < -0.3 is 5.32 Å². The van der Waals surface area contributed by atoms with Crippen LogP contribution in [0.25, 0.3) is 5.69 Å². The summed E-state index contributed by atoms with van der Waals surface area (Å²) in [6, 6.07) is 8.89. The molecular weight excluding hydrogens is 351 g/mol. The second kappa shape index (κ2) is 6.07. The largest absolute Gasteiger partial charge is 0.319 e. The lowest BCUT2D eigenvalue weighted by atomic mass is 10.3. The second-order valence-corrected chi connectivity index (χ2v) is 5.38. The van der Waals surface area contributed by atoms with Gasteiger partial charge in [0.25, 0.3) is 5.91 Å². The van der Waals surface area contributed by atoms with Crippen LogP contribution in [0, 0.1) is 5.82 Å². The summed E-state index contributed by atoms with van der Waals surface area (Å²) in [5, 5.41) is 6.63. The number of anilines is 1. The summed E-state index contributed by atoms with van der Waals surface area (Å²) in [7, 11) is 0. The van der Waals surface area contributed by atoms with Gasteiger partial charge in [0.05, 0.1) is 29.3 Å². The average molecular weight is 361 g/mol. The minimum Gasteiger partial charge on any atom is -0.319 e. The molecule has 0 aliphatic heterocycles. The number of carbonyl (C=O) groups is 1. The van der Waals surface area contributed by atoms with Gasteiger partial charge in [0, 0.05) is 16.9 Å². The van der Waals surface area contributed by atoms with Crippen molar-refractivity contribution in [3.8, 4) is 5.69 Å². The van der Waals surface area contributed by atoms with E-state index in [9.17, 15) is 9.18 Å². The molecule has 0 saturated heterocycles. The van der Waals surface area contributed by atoms with Crippen molar-refractivity contribution in [3.63, 3.8) is 0 Å². The van der Waals surface area contributed by atoms with Gasteiger partial charge in [-0.15, -0.1) is 0 Å². The van der Waals surface area contributed by atoms with Crippen molar-refractivity contribution >= 4 is 27.5 Å². The van der Waals surface area contributed by atoms with Gasteiger partial charge in [-0.25, -0.2) is 9.07 Å². The van der Waals surface area contributed by atoms with Crippen molar-refractivity contribution in [2.24, 2.45) is 0 Å². The van der Waals surface area contributed by atoms with E-state index in [1.54, 1.807) is 10.9 Å². The lowest BCUT2D eigenvalue weighted by molar-refractivity contribution is 0.102. The van der Waals surface area contributed by atoms with E-state index in [2.05, 4.69) is 31.3 Å². The molecule has 0 fully saturated rings. The van der Waals surface area contributed by atoms with E-state index >= 15 is 0 Å². The van der Waals surface area contributed by atoms with Crippen LogP contribution in [0.5, 0.6) is 0 Å². The molecule has 0 saturated carbocycles. The summed E-state index contributed by atoms with van der Waals surface area (Å²) in [6.07, 6.45) is 5.45. The van der Waals surface area contributed by atoms with E-state index in [1.807, 2.05) is 24.3 Å². The fraction of sp³-hybridized carbons (Fsp3) is 0. The number of hydrogen-bond donors (Lipinski definition) is 1. The molecule has 22 heavy (non-hydrogen) atoms. The molecule has 0 unspecified atom stereocenters. The SMILES string of the molecule is O=C(Nc1ccncc1F)c1cnn(-c2cccc(Br)c2)c1. The standard InChI is InChI=1S/C15H10BrFN4O/c16-11-2-1-3-12(6-11)21-9-10(7-19-21)15(22)20-14-4-5-18-8-13(14)17/h1-9H,(H,18,20,22). The summed E-state index contributed by atoms with van der Waals surface area (Å²) in [5.74, 6) is -1.03. The van der Waals surface area contributed by atoms with Crippen LogP contribution in [0.2, 0.25) is 0 Å². The highest BCUT2D eigenvalue weighted by molar-refractivity contribution is 9.10. The number of aromatic nitrogens is 3. The zero-order valence-corrected chi connectivity index (χ0v) is 12.8. The van der Waals surface area contributed by atoms with Crippen molar-refractivity contribution in [2.45, 2.75) is 0 Å². The molecule has 1 N–H and O–H groups in total. The number of carbonyl (C=O) groups excluding carboxylic acids is 1. The highest BCUT2D eigenvalue weighted by Crippen LogP contribution is 2.16. The summed E-state index contributed by atoms with van der Waals surface area (Å²) in [5.41, 5.74) is 1.22. The first-order chi connectivity index (χ1) is 10.6. The summed E-state index contributed by atoms with van der Waals surface area (Å²) >= 11 is 3.38. The van der Waals surface area contributed by atoms with Gasteiger partial charge >= 0.3 is 0 Å². The Morgan fingerprint density at radius 3 is 2.91 bits per heavy atom. The maximum Gasteiger partial charge on any atom is 0.258 e. The number of halogens is 2. The van der Waals surface area contributed by atoms with Crippen LogP contribution < -0.4 is 5.32 Å². The van der Waals surface area contributed by atoms with Crippen LogP contribution >= 0.6 is 15.9 Å². The van der Waals surface area contributed by atoms with Crippen molar-refractivity contribution in [2.75, 3.05) is 5.32 Å². The van der Waals surface area contributed by atoms with E-state index in [1.165, 1.54) is 18.5 Å². The number of nitrogens with one attached hydrogen (secondary N) is 1. The van der Waals surface area contributed by atoms with Crippen LogP contribution in [0.3, 0.4) is 0 Å². The molecule has 0 radical (unpaired) electrons. The van der Waals surface area contributed by atoms with Crippen LogP contribution in [0.1, 0.15) is 10.4 Å². The zero-order valence-electron chi connectivity index (χ0n) is 11.2. The number of nitrogens with zero attached hydrogens (tertiary/aromatic N) is 3. The molecule has 1 amide bonds. The minimum atomic E-state index is -0.588. The van der Waals surface area contributed by atoms with E-state index < -0.39 is 11.7 Å². The van der Waals surface area contributed by atoms with Crippen LogP contribution in [0.15, 0.2) is 59.6 Å². The van der Waals surface area contributed by atoms with Gasteiger partial charge in [-0.3, -0.25) is 9.78 Å². The lowest BCUT2D eigenvalue weighted by Crippen LogP contribution is -2.12. The Labute approximate surface area is 133 Å². The van der Waals surface area contributed by atoms with Crippen LogP contribution in [0.4, 0.5) is 10.1 Å². The first-order valence-electron chi connectivity index (χ1n) is 6.35. The van der Waals surface area contributed by atoms with E-state index in [-0.39, 0.29) is 5.69 Å². The van der Waals surface area contributed by atoms with E-state index in [4.69, 9.17) is 0 Å². The molecule has 7 heteroatoms. The van der Waals surface area contributed by atoms with Crippen LogP contribution in [-0.2, 0) is 0 Å². The number of rotatable bonds is 3. The third kappa shape index (κ3) is 3.04. The first-order valence-corrected chi connectivity index (χ1v) is 7.14. The quantitative estimate of drug-likeness (QED) is 0.778. The third-order valence-electron chi connectivity index (χ3n) is 2.94. The minimum absolute atomic E-state index is 0.0789. The Balaban J connectivity index is 1.82. The highest BCUT2D eigenvalue weighted by atomic mass is 79.9. The predicted molar refractivity (Wildman–Crippen MR) is 83.4 cm³/mol. The van der Waals surface area contributed by atoms with Gasteiger partial charge in [-0.2, -0.15) is 5.10 Å². The Kier molecular flexibility index (Phi) is 3.97. The van der Waals surface area contributed by atoms with Gasteiger partial charge in [0.2, 0.25) is 0 Å². The van der Waals surface area contributed by atoms with Crippen LogP contribution in [-0.4, -0.2) is 20.7 Å². The molecule has 110 valence electrons. The number of hydrogen-bond acceptors (Lipinski definition) is 3. The van der Waals surface area contributed by atoms with Gasteiger partial charge in [-0.1, -0.05) is 22.0 Å². The molecule has 0 spiro atoms. The smallest absolute Gasteiger partial charge is 0.258 e. The van der Waals surface area contributed by atoms with Crippen molar-refractivity contribution in [1.82, 2.24) is 14.8 Å². The number of pyridine rings is 1. The molecule has 0 aliphatic rings. The predicted octanol–water partition coefficient (Wildman–Crippen LogP) is 3.42. The Morgan fingerprint density at radius 1 is 1.27 bits per heavy atom. The molecule has 2 heterocycles. The molecule has 5 nitrogen and oxygen atoms in total. The zero-order chi connectivity index (χ0) is 15.5. The molecule has 0 bridgehead atoms. The molecule has 0 aliphatic carbocycles. The highest BCUT2D eigenvalue weighted by Gasteiger charge is 2.12. The summed E-state index contributed by atoms with van der Waals surface area (Å²) in [6.45, 7) is 0. The summed E-state index contributed by atoms with van der Waals surface area (Å²) < 4.78 is 16.0. The maximum atomic E-state index is 13.5. The fourth-order valence-corrected chi connectivity index (χ4v) is 2.26. The Bertz CT molecular complexity index is 834. The monoisotopic (exact) mass is 360 g/mol. The van der Waals surface area contributed by atoms with Crippen molar-refractivity contribution in [3.05, 3.63) is 71.0 Å². The Morgan fingerprint density at radius 2 is 2.14 bits per heavy atom. The Hall–Kier alpha value is -2.54. The fourth-order valence-electron chi connectivity index (χ4n) is 1.87. The van der Waals surface area contributed by atoms with E-state index in [0.717, 1.165) is 16.4 Å². The number of benzene rings is 1. The average Bonchev–Trinajstić information content (AvgIpc) is 2.99. The topological polar surface area (TPSA) is 59.8 Å². The lowest BCUT2D eigenvalue weighted by Gasteiger charge is -2.04. The van der Waals surface area contributed by atoms with Gasteiger partial charge in [0.1, 0.15) is 0 Å². The molecule has 2 aromatic heterocycles. The number of amides is 1. The molecule has 1 aromatic carbocycles. The van der Waals surface area contributed by atoms with Gasteiger partial charge in [-0.05, 0) is 24.3 Å². The second-order valence-electron chi connectivity index (χ2n) is 4.46. The summed E-state index contributed by atoms with van der Waals surface area (Å²) in [4.78, 5) is 15.7. The molecule has 3 aromatic rings. The van der Waals surface area contributed by atoms with Crippen molar-refractivity contribution < 1.29 is 9.18 Å². The normalized spacial score (nSPS) is 10.5. The molecular formula is C15H10BrFN4O. The maximum absolute atomic E-state index is 13.5. The van der Waals surface area contributed by atoms with E-state index in [0.29, 0.717) is 5.56 Å².